The Morgan fingerprint density at radius 2 is 2.00 bits per heavy atom. The lowest BCUT2D eigenvalue weighted by atomic mass is 10.2. The van der Waals surface area contributed by atoms with Crippen LogP contribution < -0.4 is 11.1 Å². The standard InChI is InChI=1S/C13H11BrClFN2/c1-7-2-3-9(6-12(7)17)18-13-10(14)4-8(16)5-11(13)15/h2-6,18H,17H2,1H3. The first-order valence-electron chi connectivity index (χ1n) is 5.25. The van der Waals surface area contributed by atoms with E-state index in [4.69, 9.17) is 17.3 Å². The summed E-state index contributed by atoms with van der Waals surface area (Å²) in [4.78, 5) is 0. The number of anilines is 3. The molecule has 0 saturated heterocycles. The lowest BCUT2D eigenvalue weighted by Crippen LogP contribution is -1.96. The predicted molar refractivity (Wildman–Crippen MR) is 78.0 cm³/mol. The Balaban J connectivity index is 2.37. The summed E-state index contributed by atoms with van der Waals surface area (Å²) in [6.07, 6.45) is 0. The van der Waals surface area contributed by atoms with Gasteiger partial charge < -0.3 is 11.1 Å². The van der Waals surface area contributed by atoms with Gasteiger partial charge in [-0.3, -0.25) is 0 Å². The molecule has 3 N–H and O–H groups in total. The Morgan fingerprint density at radius 1 is 1.28 bits per heavy atom. The van der Waals surface area contributed by atoms with Gasteiger partial charge >= 0.3 is 0 Å². The molecule has 0 aromatic heterocycles. The van der Waals surface area contributed by atoms with E-state index in [1.165, 1.54) is 12.1 Å². The van der Waals surface area contributed by atoms with Gasteiger partial charge in [-0.15, -0.1) is 0 Å². The first kappa shape index (κ1) is 13.2. The molecule has 2 rings (SSSR count). The number of halogens is 3. The van der Waals surface area contributed by atoms with Crippen LogP contribution >= 0.6 is 27.5 Å². The van der Waals surface area contributed by atoms with Crippen molar-refractivity contribution in [3.8, 4) is 0 Å². The SMILES string of the molecule is Cc1ccc(Nc2c(Cl)cc(F)cc2Br)cc1N. The molecule has 0 spiro atoms. The second-order valence-electron chi connectivity index (χ2n) is 3.94. The van der Waals surface area contributed by atoms with E-state index in [0.717, 1.165) is 11.3 Å². The van der Waals surface area contributed by atoms with Gasteiger partial charge in [0.25, 0.3) is 0 Å². The number of aryl methyl sites for hydroxylation is 1. The predicted octanol–water partition coefficient (Wildman–Crippen LogP) is 4.88. The number of nitrogen functional groups attached to an aromatic ring is 1. The van der Waals surface area contributed by atoms with Crippen LogP contribution in [-0.4, -0.2) is 0 Å². The minimum absolute atomic E-state index is 0.307. The Morgan fingerprint density at radius 3 is 2.61 bits per heavy atom. The van der Waals surface area contributed by atoms with E-state index in [2.05, 4.69) is 21.2 Å². The Bertz CT molecular complexity index is 579. The molecule has 2 nitrogen and oxygen atoms in total. The van der Waals surface area contributed by atoms with Crippen LogP contribution in [0.5, 0.6) is 0 Å². The van der Waals surface area contributed by atoms with Crippen LogP contribution in [0.15, 0.2) is 34.8 Å². The molecule has 0 aliphatic rings. The third kappa shape index (κ3) is 2.76. The van der Waals surface area contributed by atoms with Gasteiger partial charge in [0.2, 0.25) is 0 Å². The van der Waals surface area contributed by atoms with Crippen molar-refractivity contribution >= 4 is 44.6 Å². The normalized spacial score (nSPS) is 10.4. The molecule has 5 heteroatoms. The van der Waals surface area contributed by atoms with Crippen LogP contribution in [0, 0.1) is 12.7 Å². The zero-order valence-electron chi connectivity index (χ0n) is 9.60. The van der Waals surface area contributed by atoms with E-state index in [0.29, 0.717) is 20.9 Å². The third-order valence-electron chi connectivity index (χ3n) is 2.56. The van der Waals surface area contributed by atoms with Gasteiger partial charge in [-0.2, -0.15) is 0 Å². The Kier molecular flexibility index (Phi) is 3.78. The molecule has 0 unspecified atom stereocenters. The average Bonchev–Trinajstić information content (AvgIpc) is 2.28. The van der Waals surface area contributed by atoms with E-state index in [9.17, 15) is 4.39 Å². The van der Waals surface area contributed by atoms with E-state index in [1.54, 1.807) is 0 Å². The number of hydrogen-bond donors (Lipinski definition) is 2. The molecule has 0 amide bonds. The summed E-state index contributed by atoms with van der Waals surface area (Å²) in [6.45, 7) is 1.93. The number of hydrogen-bond acceptors (Lipinski definition) is 2. The van der Waals surface area contributed by atoms with Crippen molar-refractivity contribution in [1.29, 1.82) is 0 Å². The fourth-order valence-corrected chi connectivity index (χ4v) is 2.42. The summed E-state index contributed by atoms with van der Waals surface area (Å²) >= 11 is 9.26. The first-order chi connectivity index (χ1) is 8.47. The molecule has 0 fully saturated rings. The van der Waals surface area contributed by atoms with Gasteiger partial charge in [0.05, 0.1) is 10.7 Å². The number of benzene rings is 2. The lowest BCUT2D eigenvalue weighted by Gasteiger charge is -2.12. The van der Waals surface area contributed by atoms with Crippen LogP contribution in [0.25, 0.3) is 0 Å². The van der Waals surface area contributed by atoms with Crippen molar-refractivity contribution < 1.29 is 4.39 Å². The van der Waals surface area contributed by atoms with E-state index in [1.807, 2.05) is 25.1 Å². The van der Waals surface area contributed by atoms with Crippen LogP contribution in [-0.2, 0) is 0 Å². The fraction of sp³-hybridized carbons (Fsp3) is 0.0769. The molecule has 2 aromatic carbocycles. The van der Waals surface area contributed by atoms with Gasteiger partial charge in [-0.1, -0.05) is 17.7 Å². The van der Waals surface area contributed by atoms with Gasteiger partial charge in [-0.05, 0) is 52.7 Å². The minimum atomic E-state index is -0.388. The maximum atomic E-state index is 13.1. The second kappa shape index (κ2) is 5.16. The smallest absolute Gasteiger partial charge is 0.125 e. The van der Waals surface area contributed by atoms with Gasteiger partial charge in [0.1, 0.15) is 5.82 Å². The van der Waals surface area contributed by atoms with Crippen molar-refractivity contribution in [2.24, 2.45) is 0 Å². The van der Waals surface area contributed by atoms with Crippen molar-refractivity contribution in [3.05, 3.63) is 51.2 Å². The van der Waals surface area contributed by atoms with Crippen LogP contribution in [0.4, 0.5) is 21.5 Å². The monoisotopic (exact) mass is 328 g/mol. The summed E-state index contributed by atoms with van der Waals surface area (Å²) in [6, 6.07) is 8.21. The average molecular weight is 330 g/mol. The molecular weight excluding hydrogens is 319 g/mol. The third-order valence-corrected chi connectivity index (χ3v) is 3.48. The van der Waals surface area contributed by atoms with E-state index >= 15 is 0 Å². The quantitative estimate of drug-likeness (QED) is 0.771. The first-order valence-corrected chi connectivity index (χ1v) is 6.42. The summed E-state index contributed by atoms with van der Waals surface area (Å²) in [5.74, 6) is -0.388. The molecule has 0 bridgehead atoms. The fourth-order valence-electron chi connectivity index (χ4n) is 1.52. The summed E-state index contributed by atoms with van der Waals surface area (Å²) in [5.41, 5.74) is 8.93. The molecule has 18 heavy (non-hydrogen) atoms. The molecule has 2 aromatic rings. The van der Waals surface area contributed by atoms with Gasteiger partial charge in [0, 0.05) is 15.8 Å². The van der Waals surface area contributed by atoms with Crippen LogP contribution in [0.1, 0.15) is 5.56 Å². The Labute approximate surface area is 118 Å². The van der Waals surface area contributed by atoms with E-state index in [-0.39, 0.29) is 5.82 Å². The van der Waals surface area contributed by atoms with Gasteiger partial charge in [-0.25, -0.2) is 4.39 Å². The molecule has 0 radical (unpaired) electrons. The highest BCUT2D eigenvalue weighted by atomic mass is 79.9. The van der Waals surface area contributed by atoms with Crippen LogP contribution in [0.2, 0.25) is 5.02 Å². The number of nitrogens with one attached hydrogen (secondary N) is 1. The molecule has 0 heterocycles. The summed E-state index contributed by atoms with van der Waals surface area (Å²) in [7, 11) is 0. The number of nitrogens with two attached hydrogens (primary N) is 1. The molecule has 0 aliphatic carbocycles. The molecule has 0 saturated carbocycles. The molecule has 0 atom stereocenters. The van der Waals surface area contributed by atoms with Crippen molar-refractivity contribution in [1.82, 2.24) is 0 Å². The highest BCUT2D eigenvalue weighted by Gasteiger charge is 2.08. The largest absolute Gasteiger partial charge is 0.398 e. The topological polar surface area (TPSA) is 38.0 Å². The zero-order valence-corrected chi connectivity index (χ0v) is 11.9. The highest BCUT2D eigenvalue weighted by molar-refractivity contribution is 9.10. The highest BCUT2D eigenvalue weighted by Crippen LogP contribution is 2.34. The Hall–Kier alpha value is -1.26. The van der Waals surface area contributed by atoms with Crippen molar-refractivity contribution in [2.45, 2.75) is 6.92 Å². The summed E-state index contributed by atoms with van der Waals surface area (Å²) in [5, 5.41) is 3.42. The van der Waals surface area contributed by atoms with Gasteiger partial charge in [0.15, 0.2) is 0 Å². The van der Waals surface area contributed by atoms with Crippen LogP contribution in [0.3, 0.4) is 0 Å². The molecule has 94 valence electrons. The van der Waals surface area contributed by atoms with Crippen molar-refractivity contribution in [3.63, 3.8) is 0 Å². The zero-order chi connectivity index (χ0) is 13.3. The number of rotatable bonds is 2. The van der Waals surface area contributed by atoms with Crippen molar-refractivity contribution in [2.75, 3.05) is 11.1 Å². The minimum Gasteiger partial charge on any atom is -0.398 e. The maximum Gasteiger partial charge on any atom is 0.125 e. The summed E-state index contributed by atoms with van der Waals surface area (Å²) < 4.78 is 13.7. The molecule has 0 aliphatic heterocycles. The second-order valence-corrected chi connectivity index (χ2v) is 5.20. The maximum absolute atomic E-state index is 13.1. The molecular formula is C13H11BrClFN2. The van der Waals surface area contributed by atoms with E-state index < -0.39 is 0 Å². The lowest BCUT2D eigenvalue weighted by molar-refractivity contribution is 0.627.